The normalized spacial score (nSPS) is 29.1. The first-order valence-electron chi connectivity index (χ1n) is 5.19. The highest BCUT2D eigenvalue weighted by molar-refractivity contribution is 7.64. The Morgan fingerprint density at radius 3 is 2.42 bits per heavy atom. The molecule has 19 heavy (non-hydrogen) atoms. The predicted molar refractivity (Wildman–Crippen MR) is 62.6 cm³/mol. The van der Waals surface area contributed by atoms with Crippen molar-refractivity contribution in [2.24, 2.45) is 0 Å². The fourth-order valence-corrected chi connectivity index (χ4v) is 4.24. The van der Waals surface area contributed by atoms with E-state index >= 15 is 0 Å². The maximum atomic E-state index is 11.2. The van der Waals surface area contributed by atoms with Crippen molar-refractivity contribution in [1.29, 1.82) is 0 Å². The third kappa shape index (κ3) is 7.68. The summed E-state index contributed by atoms with van der Waals surface area (Å²) in [6, 6.07) is 0. The van der Waals surface area contributed by atoms with Crippen molar-refractivity contribution >= 4 is 23.9 Å². The van der Waals surface area contributed by atoms with E-state index in [1.165, 1.54) is 0 Å². The van der Waals surface area contributed by atoms with Crippen LogP contribution in [-0.2, 0) is 31.6 Å². The summed E-state index contributed by atoms with van der Waals surface area (Å²) >= 11 is 0. The van der Waals surface area contributed by atoms with Crippen LogP contribution in [0.15, 0.2) is 0 Å². The van der Waals surface area contributed by atoms with Crippen molar-refractivity contribution in [2.75, 3.05) is 6.61 Å². The topological polar surface area (TPSA) is 149 Å². The average molecular weight is 340 g/mol. The van der Waals surface area contributed by atoms with Crippen LogP contribution in [0.2, 0.25) is 0 Å². The molecule has 0 radical (unpaired) electrons. The maximum absolute atomic E-state index is 11.2. The van der Waals surface area contributed by atoms with Crippen molar-refractivity contribution in [3.63, 3.8) is 0 Å². The Balaban J connectivity index is 2.34. The summed E-state index contributed by atoms with van der Waals surface area (Å²) in [4.78, 5) is 25.5. The second-order valence-corrected chi connectivity index (χ2v) is 7.93. The van der Waals surface area contributed by atoms with E-state index in [9.17, 15) is 13.7 Å². The number of rotatable bonds is 7. The highest BCUT2D eigenvalue weighted by Gasteiger charge is 2.34. The predicted octanol–water partition coefficient (Wildman–Crippen LogP) is 1.19. The molecule has 0 saturated carbocycles. The molecule has 13 heteroatoms. The van der Waals surface area contributed by atoms with E-state index in [-0.39, 0.29) is 18.8 Å². The molecule has 4 atom stereocenters. The molecule has 0 aromatic carbocycles. The number of ether oxygens (including phenoxy) is 1. The lowest BCUT2D eigenvalue weighted by molar-refractivity contribution is 0.0256. The van der Waals surface area contributed by atoms with Gasteiger partial charge < -0.3 is 23.9 Å². The molecule has 0 aliphatic carbocycles. The molecule has 1 fully saturated rings. The summed E-state index contributed by atoms with van der Waals surface area (Å²) in [7, 11) is -13.8. The summed E-state index contributed by atoms with van der Waals surface area (Å²) in [5.74, 6) is 0. The second kappa shape index (κ2) is 6.91. The highest BCUT2D eigenvalue weighted by atomic mass is 31.3. The zero-order valence-corrected chi connectivity index (χ0v) is 12.7. The minimum Gasteiger partial charge on any atom is -0.373 e. The molecule has 0 amide bonds. The quantitative estimate of drug-likeness (QED) is 0.577. The molecular formula is C6H15O10P3. The average Bonchev–Trinajstić information content (AvgIpc) is 2.56. The molecule has 4 unspecified atom stereocenters. The van der Waals surface area contributed by atoms with Crippen LogP contribution in [0.1, 0.15) is 19.8 Å². The summed E-state index contributed by atoms with van der Waals surface area (Å²) in [6.45, 7) is 1.74. The summed E-state index contributed by atoms with van der Waals surface area (Å²) in [5, 5.41) is 0. The van der Waals surface area contributed by atoms with Crippen LogP contribution in [0, 0.1) is 0 Å². The number of hydrogen-bond acceptors (Lipinski definition) is 7. The Kier molecular flexibility index (Phi) is 6.35. The minimum absolute atomic E-state index is 0.0544. The minimum atomic E-state index is -5.23. The molecular weight excluding hydrogens is 325 g/mol. The van der Waals surface area contributed by atoms with E-state index in [1.807, 2.05) is 6.92 Å². The molecule has 114 valence electrons. The second-order valence-electron chi connectivity index (χ2n) is 3.84. The smallest absolute Gasteiger partial charge is 0.373 e. The molecule has 1 saturated heterocycles. The van der Waals surface area contributed by atoms with Crippen molar-refractivity contribution in [2.45, 2.75) is 32.0 Å². The van der Waals surface area contributed by atoms with Gasteiger partial charge in [0.25, 0.3) is 0 Å². The van der Waals surface area contributed by atoms with Gasteiger partial charge in [-0.2, -0.15) is 4.31 Å². The van der Waals surface area contributed by atoms with Crippen molar-refractivity contribution in [3.8, 4) is 0 Å². The monoisotopic (exact) mass is 340 g/mol. The molecule has 1 aliphatic rings. The van der Waals surface area contributed by atoms with Gasteiger partial charge in [0, 0.05) is 0 Å². The Bertz CT molecular complexity index is 417. The third-order valence-corrected chi connectivity index (χ3v) is 5.70. The largest absolute Gasteiger partial charge is 0.488 e. The SMILES string of the molecule is CC1CCC(CO[PH](=O)OP(=O)(O)OP(=O)(O)O)O1. The van der Waals surface area contributed by atoms with Gasteiger partial charge in [-0.25, -0.2) is 13.4 Å². The number of phosphoric acid groups is 2. The first-order valence-corrected chi connectivity index (χ1v) is 9.44. The molecule has 10 nitrogen and oxygen atoms in total. The zero-order valence-electron chi connectivity index (χ0n) is 9.87. The Morgan fingerprint density at radius 2 is 1.95 bits per heavy atom. The van der Waals surface area contributed by atoms with Gasteiger partial charge in [-0.15, -0.1) is 0 Å². The van der Waals surface area contributed by atoms with Gasteiger partial charge in [0.1, 0.15) is 0 Å². The fourth-order valence-electron chi connectivity index (χ4n) is 1.44. The number of hydrogen-bond donors (Lipinski definition) is 3. The Morgan fingerprint density at radius 1 is 1.32 bits per heavy atom. The van der Waals surface area contributed by atoms with Crippen LogP contribution in [0.3, 0.4) is 0 Å². The van der Waals surface area contributed by atoms with Crippen LogP contribution in [0.25, 0.3) is 0 Å². The van der Waals surface area contributed by atoms with Crippen molar-refractivity contribution < 1.29 is 46.3 Å². The molecule has 0 aromatic heterocycles. The first-order chi connectivity index (χ1) is 8.57. The molecule has 1 aliphatic heterocycles. The van der Waals surface area contributed by atoms with Crippen molar-refractivity contribution in [1.82, 2.24) is 0 Å². The van der Waals surface area contributed by atoms with E-state index in [0.717, 1.165) is 6.42 Å². The van der Waals surface area contributed by atoms with Gasteiger partial charge in [-0.05, 0) is 19.8 Å². The zero-order chi connectivity index (χ0) is 14.7. The van der Waals surface area contributed by atoms with Crippen LogP contribution < -0.4 is 0 Å². The summed E-state index contributed by atoms with van der Waals surface area (Å²) < 4.78 is 50.0. The Hall–Kier alpha value is 0.410. The molecule has 0 aromatic rings. The third-order valence-electron chi connectivity index (χ3n) is 2.11. The van der Waals surface area contributed by atoms with Gasteiger partial charge in [-0.3, -0.25) is 4.57 Å². The van der Waals surface area contributed by atoms with E-state index < -0.39 is 23.9 Å². The highest BCUT2D eigenvalue weighted by Crippen LogP contribution is 2.61. The van der Waals surface area contributed by atoms with E-state index in [4.69, 9.17) is 19.4 Å². The summed E-state index contributed by atoms with van der Waals surface area (Å²) in [5.41, 5.74) is 0. The van der Waals surface area contributed by atoms with Crippen LogP contribution in [-0.4, -0.2) is 33.5 Å². The van der Waals surface area contributed by atoms with Crippen molar-refractivity contribution in [3.05, 3.63) is 0 Å². The van der Waals surface area contributed by atoms with E-state index in [1.54, 1.807) is 0 Å². The standard InChI is InChI=1S/C6H15O10P3/c1-5-2-3-6(14-5)4-13-17(7)15-19(11,12)16-18(8,9)10/h5-6,17H,2-4H2,1H3,(H,11,12)(H2,8,9,10). The molecule has 3 N–H and O–H groups in total. The van der Waals surface area contributed by atoms with Crippen LogP contribution in [0.5, 0.6) is 0 Å². The van der Waals surface area contributed by atoms with Gasteiger partial charge in [0.2, 0.25) is 0 Å². The lowest BCUT2D eigenvalue weighted by Gasteiger charge is -2.14. The lowest BCUT2D eigenvalue weighted by atomic mass is 10.2. The molecule has 1 heterocycles. The van der Waals surface area contributed by atoms with Gasteiger partial charge in [0.15, 0.2) is 0 Å². The fraction of sp³-hybridized carbons (Fsp3) is 1.00. The maximum Gasteiger partial charge on any atom is 0.488 e. The molecule has 1 rings (SSSR count). The molecule has 0 bridgehead atoms. The van der Waals surface area contributed by atoms with Gasteiger partial charge >= 0.3 is 23.9 Å². The van der Waals surface area contributed by atoms with Crippen LogP contribution in [0.4, 0.5) is 0 Å². The molecule has 0 spiro atoms. The van der Waals surface area contributed by atoms with E-state index in [0.29, 0.717) is 6.42 Å². The van der Waals surface area contributed by atoms with Gasteiger partial charge in [0.05, 0.1) is 18.8 Å². The lowest BCUT2D eigenvalue weighted by Crippen LogP contribution is -2.13. The van der Waals surface area contributed by atoms with Crippen LogP contribution >= 0.6 is 23.9 Å². The first kappa shape index (κ1) is 17.5. The van der Waals surface area contributed by atoms with Gasteiger partial charge in [-0.1, -0.05) is 0 Å². The van der Waals surface area contributed by atoms with E-state index in [2.05, 4.69) is 13.1 Å². The summed E-state index contributed by atoms with van der Waals surface area (Å²) in [6.07, 6.45) is 1.26. The Labute approximate surface area is 109 Å².